The van der Waals surface area contributed by atoms with Crippen LogP contribution in [0.1, 0.15) is 5.76 Å². The van der Waals surface area contributed by atoms with Crippen molar-refractivity contribution in [3.05, 3.63) is 22.5 Å². The van der Waals surface area contributed by atoms with E-state index in [1.54, 1.807) is 6.92 Å². The van der Waals surface area contributed by atoms with Gasteiger partial charge in [-0.3, -0.25) is 0 Å². The van der Waals surface area contributed by atoms with Gasteiger partial charge in [-0.05, 0) is 6.92 Å². The predicted molar refractivity (Wildman–Crippen MR) is 27.9 cm³/mol. The summed E-state index contributed by atoms with van der Waals surface area (Å²) in [5, 5.41) is 0. The maximum Gasteiger partial charge on any atom is 0.437 e. The van der Waals surface area contributed by atoms with E-state index in [1.165, 1.54) is 6.20 Å². The summed E-state index contributed by atoms with van der Waals surface area (Å²) in [6.07, 6.45) is 1.42. The fraction of sp³-hybridized carbons (Fsp3) is 0.250. The van der Waals surface area contributed by atoms with Crippen LogP contribution in [0.2, 0.25) is 0 Å². The Balaban J connectivity index is 3.35. The van der Waals surface area contributed by atoms with E-state index < -0.39 is 5.76 Å². The zero-order chi connectivity index (χ0) is 6.15. The fourth-order valence-corrected chi connectivity index (χ4v) is 0.465. The van der Waals surface area contributed by atoms with Crippen molar-refractivity contribution in [3.8, 4) is 0 Å². The van der Waals surface area contributed by atoms with Crippen LogP contribution >= 0.6 is 0 Å². The summed E-state index contributed by atoms with van der Waals surface area (Å²) < 4.78 is 5.39. The monoisotopic (exact) mass is 114 g/mol. The number of nitrogen functional groups attached to an aromatic ring is 1. The molecule has 4 heteroatoms. The zero-order valence-corrected chi connectivity index (χ0v) is 4.42. The van der Waals surface area contributed by atoms with Gasteiger partial charge in [0.05, 0.1) is 6.20 Å². The maximum absolute atomic E-state index is 10.3. The van der Waals surface area contributed by atoms with Crippen LogP contribution in [-0.4, -0.2) is 4.68 Å². The largest absolute Gasteiger partial charge is 0.437 e. The Labute approximate surface area is 45.5 Å². The molecule has 0 amide bonds. The molecule has 0 saturated carbocycles. The second-order valence-electron chi connectivity index (χ2n) is 1.51. The SMILES string of the molecule is Cc1cn(N)c(=O)o1. The van der Waals surface area contributed by atoms with Crippen LogP contribution in [0, 0.1) is 6.92 Å². The molecule has 0 atom stereocenters. The van der Waals surface area contributed by atoms with Crippen molar-refractivity contribution in [2.75, 3.05) is 5.84 Å². The van der Waals surface area contributed by atoms with Crippen LogP contribution in [-0.2, 0) is 0 Å². The molecule has 1 aromatic rings. The summed E-state index contributed by atoms with van der Waals surface area (Å²) in [5.41, 5.74) is 0. The van der Waals surface area contributed by atoms with Crippen molar-refractivity contribution in [1.29, 1.82) is 0 Å². The fourth-order valence-electron chi connectivity index (χ4n) is 0.465. The summed E-state index contributed by atoms with van der Waals surface area (Å²) in [7, 11) is 0. The zero-order valence-electron chi connectivity index (χ0n) is 4.42. The Kier molecular flexibility index (Phi) is 0.865. The first-order valence-corrected chi connectivity index (χ1v) is 2.14. The molecule has 0 aliphatic rings. The molecular weight excluding hydrogens is 108 g/mol. The highest BCUT2D eigenvalue weighted by Gasteiger charge is 1.93. The summed E-state index contributed by atoms with van der Waals surface area (Å²) in [4.78, 5) is 10.3. The van der Waals surface area contributed by atoms with Gasteiger partial charge in [-0.25, -0.2) is 4.79 Å². The molecule has 44 valence electrons. The van der Waals surface area contributed by atoms with E-state index in [-0.39, 0.29) is 0 Å². The van der Waals surface area contributed by atoms with E-state index in [4.69, 9.17) is 5.84 Å². The summed E-state index contributed by atoms with van der Waals surface area (Å²) in [6.45, 7) is 1.66. The van der Waals surface area contributed by atoms with Gasteiger partial charge in [0.15, 0.2) is 0 Å². The highest BCUT2D eigenvalue weighted by Crippen LogP contribution is 1.85. The molecule has 0 saturated heterocycles. The van der Waals surface area contributed by atoms with Crippen molar-refractivity contribution in [2.24, 2.45) is 0 Å². The van der Waals surface area contributed by atoms with Gasteiger partial charge < -0.3 is 10.3 Å². The molecule has 0 bridgehead atoms. The minimum absolute atomic E-state index is 0.525. The summed E-state index contributed by atoms with van der Waals surface area (Å²) in [5.74, 6) is 5.05. The highest BCUT2D eigenvalue weighted by molar-refractivity contribution is 4.85. The molecule has 1 heterocycles. The summed E-state index contributed by atoms with van der Waals surface area (Å²) >= 11 is 0. The third-order valence-electron chi connectivity index (χ3n) is 0.780. The molecule has 0 unspecified atom stereocenters. The van der Waals surface area contributed by atoms with Crippen LogP contribution in [0.5, 0.6) is 0 Å². The Morgan fingerprint density at radius 1 is 1.88 bits per heavy atom. The molecular formula is C4H6N2O2. The van der Waals surface area contributed by atoms with Crippen molar-refractivity contribution in [3.63, 3.8) is 0 Å². The average molecular weight is 114 g/mol. The lowest BCUT2D eigenvalue weighted by molar-refractivity contribution is 0.476. The standard InChI is InChI=1S/C4H6N2O2/c1-3-2-6(5)4(7)8-3/h2H,5H2,1H3. The lowest BCUT2D eigenvalue weighted by Gasteiger charge is -1.76. The Bertz CT molecular complexity index is 234. The van der Waals surface area contributed by atoms with Gasteiger partial charge >= 0.3 is 5.76 Å². The lowest BCUT2D eigenvalue weighted by atomic mass is 10.6. The highest BCUT2D eigenvalue weighted by atomic mass is 16.4. The van der Waals surface area contributed by atoms with Crippen LogP contribution < -0.4 is 11.6 Å². The molecule has 0 aromatic carbocycles. The molecule has 0 aliphatic carbocycles. The number of aromatic nitrogens is 1. The number of nitrogens with two attached hydrogens (primary N) is 1. The molecule has 0 fully saturated rings. The molecule has 0 radical (unpaired) electrons. The molecule has 1 aromatic heterocycles. The van der Waals surface area contributed by atoms with Gasteiger partial charge in [-0.1, -0.05) is 0 Å². The molecule has 0 aliphatic heterocycles. The first-order valence-electron chi connectivity index (χ1n) is 2.14. The topological polar surface area (TPSA) is 61.2 Å². The van der Waals surface area contributed by atoms with Gasteiger partial charge in [0, 0.05) is 0 Å². The number of aryl methyl sites for hydroxylation is 1. The third-order valence-corrected chi connectivity index (χ3v) is 0.780. The first-order chi connectivity index (χ1) is 3.70. The second-order valence-corrected chi connectivity index (χ2v) is 1.51. The number of hydrogen-bond acceptors (Lipinski definition) is 3. The van der Waals surface area contributed by atoms with Gasteiger partial charge in [0.1, 0.15) is 5.76 Å². The van der Waals surface area contributed by atoms with E-state index in [2.05, 4.69) is 4.42 Å². The maximum atomic E-state index is 10.3. The normalized spacial score (nSPS) is 9.62. The van der Waals surface area contributed by atoms with Crippen LogP contribution in [0.25, 0.3) is 0 Å². The summed E-state index contributed by atoms with van der Waals surface area (Å²) in [6, 6.07) is 0. The van der Waals surface area contributed by atoms with Crippen molar-refractivity contribution in [2.45, 2.75) is 6.92 Å². The Morgan fingerprint density at radius 2 is 2.50 bits per heavy atom. The number of nitrogens with zero attached hydrogens (tertiary/aromatic N) is 1. The Morgan fingerprint density at radius 3 is 2.62 bits per heavy atom. The van der Waals surface area contributed by atoms with Crippen molar-refractivity contribution < 1.29 is 4.42 Å². The van der Waals surface area contributed by atoms with E-state index in [9.17, 15) is 4.79 Å². The van der Waals surface area contributed by atoms with E-state index >= 15 is 0 Å². The minimum atomic E-state index is -0.525. The molecule has 2 N–H and O–H groups in total. The molecule has 4 nitrogen and oxygen atoms in total. The van der Waals surface area contributed by atoms with Crippen LogP contribution in [0.15, 0.2) is 15.4 Å². The third kappa shape index (κ3) is 0.598. The molecule has 8 heavy (non-hydrogen) atoms. The quantitative estimate of drug-likeness (QED) is 0.461. The van der Waals surface area contributed by atoms with Crippen molar-refractivity contribution in [1.82, 2.24) is 4.68 Å². The lowest BCUT2D eigenvalue weighted by Crippen LogP contribution is -2.20. The van der Waals surface area contributed by atoms with E-state index in [0.29, 0.717) is 5.76 Å². The molecule has 0 spiro atoms. The van der Waals surface area contributed by atoms with Crippen LogP contribution in [0.4, 0.5) is 0 Å². The van der Waals surface area contributed by atoms with Crippen LogP contribution in [0.3, 0.4) is 0 Å². The first kappa shape index (κ1) is 4.96. The van der Waals surface area contributed by atoms with Gasteiger partial charge in [-0.15, -0.1) is 0 Å². The van der Waals surface area contributed by atoms with E-state index in [0.717, 1.165) is 4.68 Å². The van der Waals surface area contributed by atoms with Crippen molar-refractivity contribution >= 4 is 0 Å². The van der Waals surface area contributed by atoms with E-state index in [1.807, 2.05) is 0 Å². The van der Waals surface area contributed by atoms with Gasteiger partial charge in [0.2, 0.25) is 0 Å². The molecule has 1 rings (SSSR count). The smallest absolute Gasteiger partial charge is 0.412 e. The predicted octanol–water partition coefficient (Wildman–Crippen LogP) is -0.536. The van der Waals surface area contributed by atoms with Gasteiger partial charge in [0.25, 0.3) is 0 Å². The number of rotatable bonds is 0. The van der Waals surface area contributed by atoms with Gasteiger partial charge in [-0.2, -0.15) is 4.68 Å². The Hall–Kier alpha value is -1.19. The number of hydrogen-bond donors (Lipinski definition) is 1. The number of oxazole rings is 1. The average Bonchev–Trinajstić information content (AvgIpc) is 1.85. The second kappa shape index (κ2) is 1.40. The minimum Gasteiger partial charge on any atom is -0.412 e.